The Balaban J connectivity index is 0.931. The van der Waals surface area contributed by atoms with E-state index in [0.717, 1.165) is 66.6 Å². The molecular formula is C57H34N4O. The number of aromatic nitrogens is 4. The van der Waals surface area contributed by atoms with E-state index < -0.39 is 0 Å². The second-order valence-electron chi connectivity index (χ2n) is 16.0. The zero-order chi connectivity index (χ0) is 40.7. The lowest BCUT2D eigenvalue weighted by Gasteiger charge is -2.10. The monoisotopic (exact) mass is 790 g/mol. The molecule has 62 heavy (non-hydrogen) atoms. The van der Waals surface area contributed by atoms with Crippen LogP contribution in [0.5, 0.6) is 0 Å². The van der Waals surface area contributed by atoms with Crippen LogP contribution in [-0.2, 0) is 0 Å². The van der Waals surface area contributed by atoms with Crippen molar-refractivity contribution < 1.29 is 4.42 Å². The Morgan fingerprint density at radius 3 is 1.23 bits per heavy atom. The van der Waals surface area contributed by atoms with E-state index >= 15 is 0 Å². The first-order valence-electron chi connectivity index (χ1n) is 20.9. The van der Waals surface area contributed by atoms with Crippen molar-refractivity contribution in [1.82, 2.24) is 19.5 Å². The van der Waals surface area contributed by atoms with Gasteiger partial charge in [-0.2, -0.15) is 0 Å². The standard InChI is InChI=1S/C57H34N4O/c1-3-11-35(12-4-1)37-21-25-39(26-22-37)55-58-56(40-27-23-38(24-28-40)36-13-5-2-6-14-36)60-57(59-55)41-29-31-45-46-32-30-42(34-52(46)62-51(45)33-41)61-49-19-9-17-47-43-15-7-8-16-44(43)48-18-10-20-50(61)54(48)53(47)49/h1-34H. The van der Waals surface area contributed by atoms with E-state index in [1.54, 1.807) is 0 Å². The molecule has 0 saturated carbocycles. The Bertz CT molecular complexity index is 3640. The molecule has 0 bridgehead atoms. The fraction of sp³-hybridized carbons (Fsp3) is 0. The van der Waals surface area contributed by atoms with E-state index in [9.17, 15) is 0 Å². The minimum absolute atomic E-state index is 0.579. The number of benzene rings is 10. The molecule has 0 atom stereocenters. The van der Waals surface area contributed by atoms with Gasteiger partial charge in [0.25, 0.3) is 0 Å². The third-order valence-electron chi connectivity index (χ3n) is 12.4. The SMILES string of the molecule is c1ccc(-c2ccc(-c3nc(-c4ccc(-c5ccccc5)cc4)nc(-c4ccc5c(c4)oc4cc(-n6c7cccc8c9ccccc9c9cccc6c9c87)ccc45)n3)cc2)cc1. The van der Waals surface area contributed by atoms with Crippen LogP contribution in [0.4, 0.5) is 0 Å². The summed E-state index contributed by atoms with van der Waals surface area (Å²) in [4.78, 5) is 15.3. The number of hydrogen-bond acceptors (Lipinski definition) is 4. The van der Waals surface area contributed by atoms with Gasteiger partial charge in [0.05, 0.1) is 11.0 Å². The Morgan fingerprint density at radius 2 is 0.694 bits per heavy atom. The molecule has 0 N–H and O–H groups in total. The van der Waals surface area contributed by atoms with Crippen molar-refractivity contribution >= 4 is 65.3 Å². The molecule has 0 radical (unpaired) electrons. The molecule has 0 spiro atoms. The van der Waals surface area contributed by atoms with Crippen LogP contribution in [0.1, 0.15) is 0 Å². The predicted molar refractivity (Wildman–Crippen MR) is 255 cm³/mol. The molecule has 3 heterocycles. The molecule has 3 aromatic heterocycles. The first-order chi connectivity index (χ1) is 30.7. The van der Waals surface area contributed by atoms with Crippen LogP contribution >= 0.6 is 0 Å². The van der Waals surface area contributed by atoms with Crippen LogP contribution < -0.4 is 0 Å². The van der Waals surface area contributed by atoms with Gasteiger partial charge in [-0.15, -0.1) is 0 Å². The summed E-state index contributed by atoms with van der Waals surface area (Å²) >= 11 is 0. The first-order valence-corrected chi connectivity index (χ1v) is 20.9. The van der Waals surface area contributed by atoms with E-state index in [1.165, 1.54) is 43.4 Å². The number of rotatable bonds is 6. The van der Waals surface area contributed by atoms with Gasteiger partial charge in [-0.1, -0.05) is 164 Å². The molecule has 288 valence electrons. The molecule has 0 aliphatic heterocycles. The smallest absolute Gasteiger partial charge is 0.164 e. The predicted octanol–water partition coefficient (Wildman–Crippen LogP) is 14.9. The molecule has 0 fully saturated rings. The summed E-state index contributed by atoms with van der Waals surface area (Å²) < 4.78 is 9.13. The highest BCUT2D eigenvalue weighted by Crippen LogP contribution is 2.44. The van der Waals surface area contributed by atoms with Gasteiger partial charge in [0.2, 0.25) is 0 Å². The summed E-state index contributed by atoms with van der Waals surface area (Å²) in [5.41, 5.74) is 12.3. The van der Waals surface area contributed by atoms with Gasteiger partial charge in [-0.3, -0.25) is 0 Å². The van der Waals surface area contributed by atoms with Gasteiger partial charge in [0, 0.05) is 50.0 Å². The number of hydrogen-bond donors (Lipinski definition) is 0. The van der Waals surface area contributed by atoms with Crippen LogP contribution in [0.25, 0.3) is 127 Å². The fourth-order valence-corrected chi connectivity index (χ4v) is 9.48. The van der Waals surface area contributed by atoms with Gasteiger partial charge < -0.3 is 8.98 Å². The molecule has 0 aliphatic carbocycles. The highest BCUT2D eigenvalue weighted by Gasteiger charge is 2.21. The molecule has 10 aromatic carbocycles. The average Bonchev–Trinajstić information content (AvgIpc) is 3.89. The summed E-state index contributed by atoms with van der Waals surface area (Å²) in [5.74, 6) is 1.79. The normalized spacial score (nSPS) is 11.9. The summed E-state index contributed by atoms with van der Waals surface area (Å²) in [7, 11) is 0. The number of furan rings is 1. The molecule has 0 amide bonds. The summed E-state index contributed by atoms with van der Waals surface area (Å²) in [6.07, 6.45) is 0. The van der Waals surface area contributed by atoms with Crippen LogP contribution in [0.2, 0.25) is 0 Å². The third-order valence-corrected chi connectivity index (χ3v) is 12.4. The molecule has 5 nitrogen and oxygen atoms in total. The second-order valence-corrected chi connectivity index (χ2v) is 16.0. The Hall–Kier alpha value is -8.41. The topological polar surface area (TPSA) is 56.7 Å². The van der Waals surface area contributed by atoms with E-state index in [0.29, 0.717) is 17.5 Å². The van der Waals surface area contributed by atoms with Crippen LogP contribution in [0, 0.1) is 0 Å². The maximum atomic E-state index is 6.74. The van der Waals surface area contributed by atoms with Crippen molar-refractivity contribution in [2.24, 2.45) is 0 Å². The zero-order valence-electron chi connectivity index (χ0n) is 33.3. The molecule has 0 saturated heterocycles. The van der Waals surface area contributed by atoms with Crippen LogP contribution in [0.3, 0.4) is 0 Å². The van der Waals surface area contributed by atoms with Crippen molar-refractivity contribution in [3.05, 3.63) is 206 Å². The molecule has 5 heteroatoms. The van der Waals surface area contributed by atoms with Gasteiger partial charge in [-0.25, -0.2) is 15.0 Å². The highest BCUT2D eigenvalue weighted by molar-refractivity contribution is 6.34. The average molecular weight is 791 g/mol. The maximum Gasteiger partial charge on any atom is 0.164 e. The Kier molecular flexibility index (Phi) is 7.54. The molecule has 0 aliphatic rings. The molecule has 13 aromatic rings. The van der Waals surface area contributed by atoms with Gasteiger partial charge in [-0.05, 0) is 80.2 Å². The van der Waals surface area contributed by atoms with Crippen LogP contribution in [-0.4, -0.2) is 19.5 Å². The third kappa shape index (κ3) is 5.38. The number of nitrogens with zero attached hydrogens (tertiary/aromatic N) is 4. The maximum absolute atomic E-state index is 6.74. The quantitative estimate of drug-likeness (QED) is 0.157. The lowest BCUT2D eigenvalue weighted by Crippen LogP contribution is -2.00. The van der Waals surface area contributed by atoms with E-state index in [2.05, 4.69) is 199 Å². The van der Waals surface area contributed by atoms with E-state index in [-0.39, 0.29) is 0 Å². The zero-order valence-corrected chi connectivity index (χ0v) is 33.3. The minimum atomic E-state index is 0.579. The summed E-state index contributed by atoms with van der Waals surface area (Å²) in [6.45, 7) is 0. The van der Waals surface area contributed by atoms with Crippen molar-refractivity contribution in [2.45, 2.75) is 0 Å². The van der Waals surface area contributed by atoms with Gasteiger partial charge in [0.1, 0.15) is 11.2 Å². The van der Waals surface area contributed by atoms with E-state index in [4.69, 9.17) is 19.4 Å². The molecule has 13 rings (SSSR count). The van der Waals surface area contributed by atoms with Gasteiger partial charge in [0.15, 0.2) is 17.5 Å². The van der Waals surface area contributed by atoms with Crippen molar-refractivity contribution in [3.8, 4) is 62.1 Å². The first kappa shape index (κ1) is 34.5. The largest absolute Gasteiger partial charge is 0.456 e. The Labute approximate surface area is 356 Å². The second kappa shape index (κ2) is 13.6. The number of fused-ring (bicyclic) bond motifs is 6. The van der Waals surface area contributed by atoms with Crippen LogP contribution in [0.15, 0.2) is 211 Å². The summed E-state index contributed by atoms with van der Waals surface area (Å²) in [5, 5.41) is 9.79. The molecular weight excluding hydrogens is 757 g/mol. The lowest BCUT2D eigenvalue weighted by molar-refractivity contribution is 0.668. The van der Waals surface area contributed by atoms with E-state index in [1.807, 2.05) is 12.1 Å². The Morgan fingerprint density at radius 1 is 0.290 bits per heavy atom. The van der Waals surface area contributed by atoms with Crippen molar-refractivity contribution in [3.63, 3.8) is 0 Å². The molecule has 0 unspecified atom stereocenters. The summed E-state index contributed by atoms with van der Waals surface area (Å²) in [6, 6.07) is 72.6. The minimum Gasteiger partial charge on any atom is -0.456 e. The lowest BCUT2D eigenvalue weighted by atomic mass is 9.95. The van der Waals surface area contributed by atoms with Crippen molar-refractivity contribution in [1.29, 1.82) is 0 Å². The van der Waals surface area contributed by atoms with Gasteiger partial charge >= 0.3 is 0 Å². The highest BCUT2D eigenvalue weighted by atomic mass is 16.3. The van der Waals surface area contributed by atoms with Crippen molar-refractivity contribution in [2.75, 3.05) is 0 Å². The fourth-order valence-electron chi connectivity index (χ4n) is 9.48.